The number of hydrogen-bond donors (Lipinski definition) is 1. The second-order valence-corrected chi connectivity index (χ2v) is 6.06. The number of carbonyl (C=O) groups excluding carboxylic acids is 2. The smallest absolute Gasteiger partial charge is 0.253 e. The molecule has 1 aliphatic heterocycles. The van der Waals surface area contributed by atoms with Crippen molar-refractivity contribution in [1.82, 2.24) is 5.32 Å². The van der Waals surface area contributed by atoms with Crippen molar-refractivity contribution in [2.75, 3.05) is 4.90 Å². The molecule has 21 heavy (non-hydrogen) atoms. The van der Waals surface area contributed by atoms with E-state index in [-0.39, 0.29) is 17.6 Å². The van der Waals surface area contributed by atoms with Crippen molar-refractivity contribution in [2.24, 2.45) is 0 Å². The summed E-state index contributed by atoms with van der Waals surface area (Å²) < 4.78 is 13.8. The molecule has 2 amide bonds. The number of aryl methyl sites for hydroxylation is 1. The standard InChI is InChI=1S/C16H19FN2O2/c1-10-5-6-12(9-13(10)17)19-11(2)14(20)18-16(15(19)21)7-3-4-8-16/h5-6,9,11H,3-4,7-8H2,1-2H3,(H,18,20). The van der Waals surface area contributed by atoms with E-state index in [1.807, 2.05) is 0 Å². The van der Waals surface area contributed by atoms with Gasteiger partial charge >= 0.3 is 0 Å². The molecule has 112 valence electrons. The summed E-state index contributed by atoms with van der Waals surface area (Å²) in [6.45, 7) is 3.35. The highest BCUT2D eigenvalue weighted by molar-refractivity contribution is 6.10. The Morgan fingerprint density at radius 3 is 2.57 bits per heavy atom. The summed E-state index contributed by atoms with van der Waals surface area (Å²) in [4.78, 5) is 26.6. The average Bonchev–Trinajstić information content (AvgIpc) is 2.90. The lowest BCUT2D eigenvalue weighted by Crippen LogP contribution is -2.69. The first kappa shape index (κ1) is 14.0. The van der Waals surface area contributed by atoms with Gasteiger partial charge in [0.25, 0.3) is 5.91 Å². The second-order valence-electron chi connectivity index (χ2n) is 6.06. The molecule has 1 N–H and O–H groups in total. The number of anilines is 1. The molecule has 1 aliphatic carbocycles. The molecule has 2 aliphatic rings. The van der Waals surface area contributed by atoms with Crippen molar-refractivity contribution in [2.45, 2.75) is 51.1 Å². The molecule has 0 aromatic heterocycles. The number of nitrogens with one attached hydrogen (secondary N) is 1. The fourth-order valence-electron chi connectivity index (χ4n) is 3.31. The van der Waals surface area contributed by atoms with Crippen LogP contribution in [0.4, 0.5) is 10.1 Å². The van der Waals surface area contributed by atoms with Gasteiger partial charge in [-0.1, -0.05) is 18.9 Å². The average molecular weight is 290 g/mol. The fourth-order valence-corrected chi connectivity index (χ4v) is 3.31. The van der Waals surface area contributed by atoms with Gasteiger partial charge < -0.3 is 5.32 Å². The van der Waals surface area contributed by atoms with Gasteiger partial charge in [0.15, 0.2) is 0 Å². The van der Waals surface area contributed by atoms with Crippen molar-refractivity contribution in [1.29, 1.82) is 0 Å². The van der Waals surface area contributed by atoms with E-state index in [9.17, 15) is 14.0 Å². The van der Waals surface area contributed by atoms with Gasteiger partial charge in [0.05, 0.1) is 0 Å². The topological polar surface area (TPSA) is 49.4 Å². The van der Waals surface area contributed by atoms with E-state index >= 15 is 0 Å². The van der Waals surface area contributed by atoms with Crippen molar-refractivity contribution in [3.63, 3.8) is 0 Å². The summed E-state index contributed by atoms with van der Waals surface area (Å²) in [7, 11) is 0. The largest absolute Gasteiger partial charge is 0.340 e. The van der Waals surface area contributed by atoms with Crippen molar-refractivity contribution in [3.05, 3.63) is 29.6 Å². The lowest BCUT2D eigenvalue weighted by Gasteiger charge is -2.43. The highest BCUT2D eigenvalue weighted by Gasteiger charge is 2.51. The van der Waals surface area contributed by atoms with Crippen LogP contribution in [-0.4, -0.2) is 23.4 Å². The first-order chi connectivity index (χ1) is 9.94. The van der Waals surface area contributed by atoms with Crippen molar-refractivity contribution < 1.29 is 14.0 Å². The number of carbonyl (C=O) groups is 2. The normalized spacial score (nSPS) is 24.5. The Hall–Kier alpha value is -1.91. The summed E-state index contributed by atoms with van der Waals surface area (Å²) >= 11 is 0. The molecule has 0 bridgehead atoms. The molecule has 1 spiro atoms. The molecular weight excluding hydrogens is 271 g/mol. The molecule has 1 atom stereocenters. The Labute approximate surface area is 123 Å². The predicted molar refractivity (Wildman–Crippen MR) is 77.4 cm³/mol. The molecule has 3 rings (SSSR count). The molecule has 1 saturated heterocycles. The van der Waals surface area contributed by atoms with Crippen LogP contribution in [0, 0.1) is 12.7 Å². The molecule has 1 aromatic rings. The molecule has 2 fully saturated rings. The molecule has 0 radical (unpaired) electrons. The van der Waals surface area contributed by atoms with Crippen LogP contribution < -0.4 is 10.2 Å². The third-order valence-electron chi connectivity index (χ3n) is 4.65. The minimum atomic E-state index is -0.787. The molecule has 1 saturated carbocycles. The SMILES string of the molecule is Cc1ccc(N2C(=O)C3(CCCC3)NC(=O)C2C)cc1F. The zero-order valence-electron chi connectivity index (χ0n) is 12.3. The predicted octanol–water partition coefficient (Wildman–Crippen LogP) is 2.30. The zero-order chi connectivity index (χ0) is 15.2. The van der Waals surface area contributed by atoms with E-state index in [4.69, 9.17) is 0 Å². The number of amides is 2. The monoisotopic (exact) mass is 290 g/mol. The van der Waals surface area contributed by atoms with Gasteiger partial charge in [-0.3, -0.25) is 14.5 Å². The first-order valence-electron chi connectivity index (χ1n) is 7.36. The van der Waals surface area contributed by atoms with Crippen LogP contribution in [0.2, 0.25) is 0 Å². The van der Waals surface area contributed by atoms with Crippen LogP contribution in [0.3, 0.4) is 0 Å². The lowest BCUT2D eigenvalue weighted by atomic mass is 9.90. The van der Waals surface area contributed by atoms with E-state index in [2.05, 4.69) is 5.32 Å². The summed E-state index contributed by atoms with van der Waals surface area (Å²) in [5.41, 5.74) is 0.193. The maximum absolute atomic E-state index is 13.8. The van der Waals surface area contributed by atoms with E-state index in [1.165, 1.54) is 11.0 Å². The van der Waals surface area contributed by atoms with Gasteiger partial charge in [0.1, 0.15) is 17.4 Å². The molecule has 1 unspecified atom stereocenters. The van der Waals surface area contributed by atoms with E-state index in [0.717, 1.165) is 12.8 Å². The maximum Gasteiger partial charge on any atom is 0.253 e. The highest BCUT2D eigenvalue weighted by atomic mass is 19.1. The Kier molecular flexibility index (Phi) is 3.23. The number of hydrogen-bond acceptors (Lipinski definition) is 2. The first-order valence-corrected chi connectivity index (χ1v) is 7.36. The van der Waals surface area contributed by atoms with Gasteiger partial charge in [-0.25, -0.2) is 4.39 Å². The highest BCUT2D eigenvalue weighted by Crippen LogP contribution is 2.36. The molecular formula is C16H19FN2O2. The van der Waals surface area contributed by atoms with Crippen molar-refractivity contribution >= 4 is 17.5 Å². The minimum Gasteiger partial charge on any atom is -0.340 e. The third kappa shape index (κ3) is 2.11. The Bertz CT molecular complexity index is 608. The van der Waals surface area contributed by atoms with Crippen LogP contribution in [-0.2, 0) is 9.59 Å². The molecule has 1 heterocycles. The van der Waals surface area contributed by atoms with Crippen LogP contribution in [0.5, 0.6) is 0 Å². The quantitative estimate of drug-likeness (QED) is 0.862. The van der Waals surface area contributed by atoms with E-state index < -0.39 is 11.6 Å². The number of halogens is 1. The molecule has 1 aromatic carbocycles. The number of piperazine rings is 1. The third-order valence-corrected chi connectivity index (χ3v) is 4.65. The Morgan fingerprint density at radius 2 is 1.95 bits per heavy atom. The summed E-state index contributed by atoms with van der Waals surface area (Å²) in [6.07, 6.45) is 3.18. The zero-order valence-corrected chi connectivity index (χ0v) is 12.3. The number of nitrogens with zero attached hydrogens (tertiary/aromatic N) is 1. The van der Waals surface area contributed by atoms with Gasteiger partial charge in [-0.15, -0.1) is 0 Å². The van der Waals surface area contributed by atoms with Gasteiger partial charge in [0, 0.05) is 5.69 Å². The summed E-state index contributed by atoms with van der Waals surface area (Å²) in [5, 5.41) is 2.89. The maximum atomic E-state index is 13.8. The minimum absolute atomic E-state index is 0.115. The Balaban J connectivity index is 2.03. The van der Waals surface area contributed by atoms with Crippen LogP contribution in [0.15, 0.2) is 18.2 Å². The van der Waals surface area contributed by atoms with Gasteiger partial charge in [-0.05, 0) is 44.4 Å². The molecule has 4 nitrogen and oxygen atoms in total. The van der Waals surface area contributed by atoms with Gasteiger partial charge in [0.2, 0.25) is 5.91 Å². The van der Waals surface area contributed by atoms with Gasteiger partial charge in [-0.2, -0.15) is 0 Å². The fraction of sp³-hybridized carbons (Fsp3) is 0.500. The van der Waals surface area contributed by atoms with Crippen molar-refractivity contribution in [3.8, 4) is 0 Å². The summed E-state index contributed by atoms with van der Waals surface area (Å²) in [5.74, 6) is -0.646. The van der Waals surface area contributed by atoms with E-state index in [0.29, 0.717) is 24.1 Å². The number of benzene rings is 1. The van der Waals surface area contributed by atoms with Crippen LogP contribution >= 0.6 is 0 Å². The lowest BCUT2D eigenvalue weighted by molar-refractivity contribution is -0.137. The summed E-state index contributed by atoms with van der Waals surface area (Å²) in [6, 6.07) is 4.06. The van der Waals surface area contributed by atoms with Crippen LogP contribution in [0.1, 0.15) is 38.2 Å². The Morgan fingerprint density at radius 1 is 1.29 bits per heavy atom. The van der Waals surface area contributed by atoms with Crippen LogP contribution in [0.25, 0.3) is 0 Å². The van der Waals surface area contributed by atoms with E-state index in [1.54, 1.807) is 26.0 Å². The number of rotatable bonds is 1. The second kappa shape index (κ2) is 4.83. The molecule has 5 heteroatoms.